The lowest BCUT2D eigenvalue weighted by Crippen LogP contribution is -2.24. The second kappa shape index (κ2) is 8.13. The van der Waals surface area contributed by atoms with Crippen LogP contribution in [0.3, 0.4) is 0 Å². The zero-order chi connectivity index (χ0) is 14.4. The van der Waals surface area contributed by atoms with Gasteiger partial charge in [-0.1, -0.05) is 26.0 Å². The number of fused-ring (bicyclic) bond motifs is 1. The Kier molecular flexibility index (Phi) is 6.49. The summed E-state index contributed by atoms with van der Waals surface area (Å²) in [6.45, 7) is 8.02. The molecule has 20 heavy (non-hydrogen) atoms. The second-order valence-electron chi connectivity index (χ2n) is 5.34. The van der Waals surface area contributed by atoms with Crippen molar-refractivity contribution < 1.29 is 4.74 Å². The first-order valence-electron chi connectivity index (χ1n) is 7.11. The zero-order valence-electron chi connectivity index (χ0n) is 12.1. The van der Waals surface area contributed by atoms with Crippen molar-refractivity contribution in [2.75, 3.05) is 26.3 Å². The molecule has 2 nitrogen and oxygen atoms in total. The largest absolute Gasteiger partial charge is 0.380 e. The van der Waals surface area contributed by atoms with E-state index in [9.17, 15) is 0 Å². The molecule has 1 heterocycles. The van der Waals surface area contributed by atoms with E-state index in [4.69, 9.17) is 4.74 Å². The van der Waals surface area contributed by atoms with E-state index in [2.05, 4.69) is 58.7 Å². The minimum atomic E-state index is 0.700. The maximum Gasteiger partial charge on any atom is 0.0591 e. The second-order valence-corrected chi connectivity index (χ2v) is 7.07. The number of benzene rings is 1. The summed E-state index contributed by atoms with van der Waals surface area (Å²) in [5, 5.41) is 6.98. The van der Waals surface area contributed by atoms with Crippen LogP contribution in [-0.4, -0.2) is 26.3 Å². The molecule has 0 unspecified atom stereocenters. The van der Waals surface area contributed by atoms with Crippen LogP contribution in [0.15, 0.2) is 28.1 Å². The Balaban J connectivity index is 1.72. The van der Waals surface area contributed by atoms with Crippen molar-refractivity contribution in [3.63, 3.8) is 0 Å². The molecule has 2 rings (SSSR count). The van der Waals surface area contributed by atoms with Gasteiger partial charge in [-0.3, -0.25) is 0 Å². The lowest BCUT2D eigenvalue weighted by Gasteiger charge is -2.08. The van der Waals surface area contributed by atoms with E-state index in [1.165, 1.54) is 20.1 Å². The number of hydrogen-bond donors (Lipinski definition) is 1. The van der Waals surface area contributed by atoms with Gasteiger partial charge < -0.3 is 10.1 Å². The predicted octanol–water partition coefficient (Wildman–Crippen LogP) is 4.47. The molecule has 0 radical (unpaired) electrons. The molecule has 0 saturated carbocycles. The number of halogens is 1. The molecule has 0 aliphatic rings. The molecule has 0 saturated heterocycles. The number of thiophene rings is 1. The highest BCUT2D eigenvalue weighted by molar-refractivity contribution is 9.10. The lowest BCUT2D eigenvalue weighted by molar-refractivity contribution is 0.138. The van der Waals surface area contributed by atoms with Gasteiger partial charge in [-0.15, -0.1) is 11.3 Å². The fourth-order valence-corrected chi connectivity index (χ4v) is 3.75. The summed E-state index contributed by atoms with van der Waals surface area (Å²) in [5.41, 5.74) is 1.39. The van der Waals surface area contributed by atoms with E-state index in [1.807, 2.05) is 0 Å². The number of ether oxygens (including phenoxy) is 1. The van der Waals surface area contributed by atoms with Crippen molar-refractivity contribution in [1.29, 1.82) is 0 Å². The Labute approximate surface area is 133 Å². The molecule has 0 aliphatic carbocycles. The number of rotatable bonds is 8. The fourth-order valence-electron chi connectivity index (χ4n) is 2.09. The van der Waals surface area contributed by atoms with E-state index in [0.29, 0.717) is 5.92 Å². The minimum Gasteiger partial charge on any atom is -0.380 e. The highest BCUT2D eigenvalue weighted by Crippen LogP contribution is 2.32. The van der Waals surface area contributed by atoms with Crippen LogP contribution in [-0.2, 0) is 11.2 Å². The molecule has 1 aromatic heterocycles. The van der Waals surface area contributed by atoms with Crippen molar-refractivity contribution in [3.8, 4) is 0 Å². The van der Waals surface area contributed by atoms with Gasteiger partial charge in [-0.05, 0) is 57.2 Å². The summed E-state index contributed by atoms with van der Waals surface area (Å²) in [4.78, 5) is 0. The first kappa shape index (κ1) is 16.0. The molecule has 0 bridgehead atoms. The van der Waals surface area contributed by atoms with Gasteiger partial charge in [0.1, 0.15) is 0 Å². The molecule has 0 atom stereocenters. The molecule has 1 N–H and O–H groups in total. The Hall–Kier alpha value is -0.420. The van der Waals surface area contributed by atoms with Crippen LogP contribution in [0, 0.1) is 5.92 Å². The van der Waals surface area contributed by atoms with Crippen molar-refractivity contribution in [2.45, 2.75) is 20.3 Å². The Morgan fingerprint density at radius 1 is 1.30 bits per heavy atom. The van der Waals surface area contributed by atoms with Crippen LogP contribution in [0.4, 0.5) is 0 Å². The molecule has 4 heteroatoms. The van der Waals surface area contributed by atoms with E-state index < -0.39 is 0 Å². The Bertz CT molecular complexity index is 538. The minimum absolute atomic E-state index is 0.700. The third-order valence-corrected chi connectivity index (χ3v) is 5.12. The van der Waals surface area contributed by atoms with Crippen molar-refractivity contribution in [1.82, 2.24) is 5.32 Å². The molecular weight excluding hydrogens is 334 g/mol. The summed E-state index contributed by atoms with van der Waals surface area (Å²) < 4.78 is 8.22. The van der Waals surface area contributed by atoms with Gasteiger partial charge in [0.05, 0.1) is 13.2 Å². The third kappa shape index (κ3) is 4.55. The summed E-state index contributed by atoms with van der Waals surface area (Å²) in [5.74, 6) is 0.700. The van der Waals surface area contributed by atoms with E-state index in [0.717, 1.165) is 32.7 Å². The van der Waals surface area contributed by atoms with E-state index >= 15 is 0 Å². The molecule has 110 valence electrons. The quantitative estimate of drug-likeness (QED) is 0.705. The van der Waals surface area contributed by atoms with Gasteiger partial charge in [0, 0.05) is 15.7 Å². The summed E-state index contributed by atoms with van der Waals surface area (Å²) in [6, 6.07) is 6.38. The summed E-state index contributed by atoms with van der Waals surface area (Å²) in [7, 11) is 0. The van der Waals surface area contributed by atoms with Crippen LogP contribution in [0.1, 0.15) is 19.4 Å². The van der Waals surface area contributed by atoms with Crippen LogP contribution in [0.5, 0.6) is 0 Å². The molecule has 0 spiro atoms. The fraction of sp³-hybridized carbons (Fsp3) is 0.500. The molecular formula is C16H22BrNOS. The molecule has 2 aromatic rings. The van der Waals surface area contributed by atoms with Gasteiger partial charge in [-0.25, -0.2) is 0 Å². The molecule has 0 fully saturated rings. The van der Waals surface area contributed by atoms with Gasteiger partial charge in [-0.2, -0.15) is 0 Å². The number of hydrogen-bond acceptors (Lipinski definition) is 3. The predicted molar refractivity (Wildman–Crippen MR) is 91.8 cm³/mol. The van der Waals surface area contributed by atoms with Gasteiger partial charge in [0.2, 0.25) is 0 Å². The standard InChI is InChI=1S/C16H22BrNOS/c1-12(2)10-18-7-9-19-8-6-13-11-20-16-14(13)4-3-5-15(16)17/h3-5,11-12,18H,6-10H2,1-2H3. The summed E-state index contributed by atoms with van der Waals surface area (Å²) >= 11 is 5.40. The average Bonchev–Trinajstić information content (AvgIpc) is 2.82. The first-order valence-corrected chi connectivity index (χ1v) is 8.79. The van der Waals surface area contributed by atoms with Crippen molar-refractivity contribution in [3.05, 3.63) is 33.6 Å². The highest BCUT2D eigenvalue weighted by atomic mass is 79.9. The Morgan fingerprint density at radius 2 is 2.15 bits per heavy atom. The highest BCUT2D eigenvalue weighted by Gasteiger charge is 2.06. The van der Waals surface area contributed by atoms with E-state index in [-0.39, 0.29) is 0 Å². The zero-order valence-corrected chi connectivity index (χ0v) is 14.5. The normalized spacial score (nSPS) is 11.6. The van der Waals surface area contributed by atoms with Crippen molar-refractivity contribution >= 4 is 37.4 Å². The smallest absolute Gasteiger partial charge is 0.0591 e. The molecule has 0 aliphatic heterocycles. The maximum absolute atomic E-state index is 5.70. The number of nitrogens with one attached hydrogen (secondary N) is 1. The van der Waals surface area contributed by atoms with Gasteiger partial charge in [0.25, 0.3) is 0 Å². The van der Waals surface area contributed by atoms with Gasteiger partial charge in [0.15, 0.2) is 0 Å². The van der Waals surface area contributed by atoms with Crippen LogP contribution < -0.4 is 5.32 Å². The summed E-state index contributed by atoms with van der Waals surface area (Å²) in [6.07, 6.45) is 0.987. The van der Waals surface area contributed by atoms with Crippen LogP contribution >= 0.6 is 27.3 Å². The lowest BCUT2D eigenvalue weighted by atomic mass is 10.1. The molecule has 0 amide bonds. The third-order valence-electron chi connectivity index (χ3n) is 3.12. The topological polar surface area (TPSA) is 21.3 Å². The molecule has 1 aromatic carbocycles. The first-order chi connectivity index (χ1) is 9.68. The average molecular weight is 356 g/mol. The maximum atomic E-state index is 5.70. The van der Waals surface area contributed by atoms with Crippen LogP contribution in [0.2, 0.25) is 0 Å². The Morgan fingerprint density at radius 3 is 2.95 bits per heavy atom. The van der Waals surface area contributed by atoms with Gasteiger partial charge >= 0.3 is 0 Å². The monoisotopic (exact) mass is 355 g/mol. The van der Waals surface area contributed by atoms with Crippen LogP contribution in [0.25, 0.3) is 10.1 Å². The SMILES string of the molecule is CC(C)CNCCOCCc1csc2c(Br)cccc12. The van der Waals surface area contributed by atoms with E-state index in [1.54, 1.807) is 11.3 Å². The van der Waals surface area contributed by atoms with Crippen molar-refractivity contribution in [2.24, 2.45) is 5.92 Å².